The quantitative estimate of drug-likeness (QED) is 0.494. The SMILES string of the molecule is COC(=O)C(CN1C(=O)CCC1=O)NC(C)=O. The fourth-order valence-electron chi connectivity index (χ4n) is 1.58. The molecule has 1 N–H and O–H groups in total. The van der Waals surface area contributed by atoms with E-state index in [4.69, 9.17) is 0 Å². The molecule has 1 fully saturated rings. The smallest absolute Gasteiger partial charge is 0.330 e. The van der Waals surface area contributed by atoms with Crippen molar-refractivity contribution in [1.29, 1.82) is 0 Å². The van der Waals surface area contributed by atoms with Gasteiger partial charge in [0.25, 0.3) is 0 Å². The van der Waals surface area contributed by atoms with Gasteiger partial charge in [0.15, 0.2) is 0 Å². The highest BCUT2D eigenvalue weighted by Crippen LogP contribution is 2.12. The average Bonchev–Trinajstić information content (AvgIpc) is 2.58. The molecule has 1 rings (SSSR count). The van der Waals surface area contributed by atoms with Gasteiger partial charge in [0, 0.05) is 19.8 Å². The Morgan fingerprint density at radius 1 is 1.35 bits per heavy atom. The third kappa shape index (κ3) is 3.27. The van der Waals surface area contributed by atoms with Gasteiger partial charge in [0.05, 0.1) is 13.7 Å². The number of likely N-dealkylation sites (tertiary alicyclic amines) is 1. The first-order valence-corrected chi connectivity index (χ1v) is 5.14. The van der Waals surface area contributed by atoms with E-state index < -0.39 is 17.9 Å². The maximum Gasteiger partial charge on any atom is 0.330 e. The lowest BCUT2D eigenvalue weighted by Crippen LogP contribution is -2.49. The van der Waals surface area contributed by atoms with E-state index in [1.54, 1.807) is 0 Å². The van der Waals surface area contributed by atoms with Crippen LogP contribution in [-0.4, -0.2) is 48.3 Å². The maximum atomic E-state index is 11.4. The lowest BCUT2D eigenvalue weighted by Gasteiger charge is -2.21. The minimum atomic E-state index is -1.01. The Morgan fingerprint density at radius 3 is 2.29 bits per heavy atom. The third-order valence-corrected chi connectivity index (χ3v) is 2.38. The predicted octanol–water partition coefficient (Wildman–Crippen LogP) is -1.19. The molecule has 1 unspecified atom stereocenters. The molecule has 7 nitrogen and oxygen atoms in total. The first kappa shape index (κ1) is 13.1. The zero-order valence-corrected chi connectivity index (χ0v) is 9.69. The molecular formula is C10H14N2O5. The Labute approximate surface area is 98.1 Å². The molecule has 0 aliphatic carbocycles. The first-order valence-electron chi connectivity index (χ1n) is 5.14. The van der Waals surface area contributed by atoms with Gasteiger partial charge in [0.2, 0.25) is 17.7 Å². The van der Waals surface area contributed by atoms with Crippen LogP contribution in [0, 0.1) is 0 Å². The summed E-state index contributed by atoms with van der Waals surface area (Å²) in [6.45, 7) is 1.06. The van der Waals surface area contributed by atoms with Gasteiger partial charge in [0.1, 0.15) is 6.04 Å². The van der Waals surface area contributed by atoms with Gasteiger partial charge in [-0.2, -0.15) is 0 Å². The van der Waals surface area contributed by atoms with Crippen LogP contribution in [0.5, 0.6) is 0 Å². The molecule has 0 bridgehead atoms. The van der Waals surface area contributed by atoms with Crippen LogP contribution in [0.4, 0.5) is 0 Å². The largest absolute Gasteiger partial charge is 0.467 e. The summed E-state index contributed by atoms with van der Waals surface area (Å²) in [7, 11) is 1.17. The molecule has 0 saturated carbocycles. The topological polar surface area (TPSA) is 92.8 Å². The number of nitrogens with zero attached hydrogens (tertiary/aromatic N) is 1. The Morgan fingerprint density at radius 2 is 1.88 bits per heavy atom. The van der Waals surface area contributed by atoms with Crippen molar-refractivity contribution in [3.63, 3.8) is 0 Å². The van der Waals surface area contributed by atoms with Crippen molar-refractivity contribution in [2.45, 2.75) is 25.8 Å². The van der Waals surface area contributed by atoms with E-state index in [1.165, 1.54) is 14.0 Å². The molecule has 0 radical (unpaired) electrons. The minimum absolute atomic E-state index is 0.146. The highest BCUT2D eigenvalue weighted by molar-refractivity contribution is 6.02. The first-order chi connectivity index (χ1) is 7.95. The molecule has 7 heteroatoms. The number of hydrogen-bond donors (Lipinski definition) is 1. The van der Waals surface area contributed by atoms with Crippen molar-refractivity contribution in [3.8, 4) is 0 Å². The van der Waals surface area contributed by atoms with Crippen molar-refractivity contribution in [2.75, 3.05) is 13.7 Å². The molecule has 1 aliphatic heterocycles. The van der Waals surface area contributed by atoms with E-state index in [-0.39, 0.29) is 31.2 Å². The molecule has 1 aliphatic rings. The summed E-state index contributed by atoms with van der Waals surface area (Å²) in [5, 5.41) is 2.34. The van der Waals surface area contributed by atoms with E-state index in [9.17, 15) is 19.2 Å². The van der Waals surface area contributed by atoms with Gasteiger partial charge in [-0.3, -0.25) is 19.3 Å². The molecule has 0 aromatic carbocycles. The minimum Gasteiger partial charge on any atom is -0.467 e. The summed E-state index contributed by atoms with van der Waals surface area (Å²) in [5.74, 6) is -1.80. The van der Waals surface area contributed by atoms with Gasteiger partial charge < -0.3 is 10.1 Å². The second kappa shape index (κ2) is 5.42. The molecule has 0 aromatic rings. The number of rotatable bonds is 4. The third-order valence-electron chi connectivity index (χ3n) is 2.38. The Hall–Kier alpha value is -1.92. The van der Waals surface area contributed by atoms with Crippen LogP contribution in [-0.2, 0) is 23.9 Å². The number of amides is 3. The fourth-order valence-corrected chi connectivity index (χ4v) is 1.58. The number of carbonyl (C=O) groups is 4. The van der Waals surface area contributed by atoms with E-state index in [2.05, 4.69) is 10.1 Å². The molecule has 1 atom stereocenters. The van der Waals surface area contributed by atoms with Crippen molar-refractivity contribution in [1.82, 2.24) is 10.2 Å². The molecule has 17 heavy (non-hydrogen) atoms. The highest BCUT2D eigenvalue weighted by atomic mass is 16.5. The molecule has 0 spiro atoms. The normalized spacial score (nSPS) is 16.9. The summed E-state index contributed by atoms with van der Waals surface area (Å²) < 4.78 is 4.49. The number of ether oxygens (including phenoxy) is 1. The number of carbonyl (C=O) groups excluding carboxylic acids is 4. The van der Waals surface area contributed by atoms with Crippen LogP contribution in [0.25, 0.3) is 0 Å². The Balaban J connectivity index is 2.71. The summed E-state index contributed by atoms with van der Waals surface area (Å²) in [4.78, 5) is 46.0. The zero-order valence-electron chi connectivity index (χ0n) is 9.69. The predicted molar refractivity (Wildman–Crippen MR) is 55.6 cm³/mol. The monoisotopic (exact) mass is 242 g/mol. The zero-order chi connectivity index (χ0) is 13.0. The van der Waals surface area contributed by atoms with Gasteiger partial charge >= 0.3 is 5.97 Å². The van der Waals surface area contributed by atoms with Crippen LogP contribution >= 0.6 is 0 Å². The van der Waals surface area contributed by atoms with E-state index in [1.807, 2.05) is 0 Å². The van der Waals surface area contributed by atoms with Gasteiger partial charge in [-0.25, -0.2) is 4.79 Å². The second-order valence-electron chi connectivity index (χ2n) is 3.67. The van der Waals surface area contributed by atoms with Gasteiger partial charge in [-0.05, 0) is 0 Å². The molecule has 1 heterocycles. The number of imide groups is 1. The average molecular weight is 242 g/mol. The Bertz CT molecular complexity index is 350. The number of methoxy groups -OCH3 is 1. The van der Waals surface area contributed by atoms with Crippen molar-refractivity contribution in [2.24, 2.45) is 0 Å². The summed E-state index contributed by atoms with van der Waals surface area (Å²) in [6.07, 6.45) is 0.291. The molecule has 94 valence electrons. The van der Waals surface area contributed by atoms with Crippen molar-refractivity contribution >= 4 is 23.7 Å². The van der Waals surface area contributed by atoms with Crippen LogP contribution in [0.15, 0.2) is 0 Å². The summed E-state index contributed by atoms with van der Waals surface area (Å²) in [5.41, 5.74) is 0. The highest BCUT2D eigenvalue weighted by Gasteiger charge is 2.33. The maximum absolute atomic E-state index is 11.4. The second-order valence-corrected chi connectivity index (χ2v) is 3.67. The summed E-state index contributed by atoms with van der Waals surface area (Å²) in [6, 6.07) is -1.01. The van der Waals surface area contributed by atoms with E-state index in [0.717, 1.165) is 4.90 Å². The number of hydrogen-bond acceptors (Lipinski definition) is 5. The Kier molecular flexibility index (Phi) is 4.19. The molecule has 1 saturated heterocycles. The van der Waals surface area contributed by atoms with Gasteiger partial charge in [-0.15, -0.1) is 0 Å². The van der Waals surface area contributed by atoms with Crippen LogP contribution in [0.3, 0.4) is 0 Å². The van der Waals surface area contributed by atoms with E-state index in [0.29, 0.717) is 0 Å². The van der Waals surface area contributed by atoms with Crippen molar-refractivity contribution < 1.29 is 23.9 Å². The van der Waals surface area contributed by atoms with Gasteiger partial charge in [-0.1, -0.05) is 0 Å². The van der Waals surface area contributed by atoms with Crippen LogP contribution in [0.2, 0.25) is 0 Å². The number of esters is 1. The van der Waals surface area contributed by atoms with Crippen molar-refractivity contribution in [3.05, 3.63) is 0 Å². The van der Waals surface area contributed by atoms with Crippen LogP contribution in [0.1, 0.15) is 19.8 Å². The molecular weight excluding hydrogens is 228 g/mol. The molecule has 3 amide bonds. The molecule has 0 aromatic heterocycles. The van der Waals surface area contributed by atoms with E-state index >= 15 is 0 Å². The lowest BCUT2D eigenvalue weighted by atomic mass is 10.2. The lowest BCUT2D eigenvalue weighted by molar-refractivity contribution is -0.147. The fraction of sp³-hybridized carbons (Fsp3) is 0.600. The standard InChI is InChI=1S/C10H14N2O5/c1-6(13)11-7(10(16)17-2)5-12-8(14)3-4-9(12)15/h7H,3-5H2,1-2H3,(H,11,13). The number of nitrogens with one attached hydrogen (secondary N) is 1. The van der Waals surface area contributed by atoms with Crippen LogP contribution < -0.4 is 5.32 Å². The summed E-state index contributed by atoms with van der Waals surface area (Å²) >= 11 is 0.